The van der Waals surface area contributed by atoms with Gasteiger partial charge in [-0.25, -0.2) is 0 Å². The Morgan fingerprint density at radius 2 is 2.22 bits per heavy atom. The van der Waals surface area contributed by atoms with Crippen LogP contribution in [0.5, 0.6) is 0 Å². The van der Waals surface area contributed by atoms with Crippen molar-refractivity contribution in [2.75, 3.05) is 7.05 Å². The molecule has 0 saturated carbocycles. The molecule has 0 fully saturated rings. The zero-order chi connectivity index (χ0) is 13.5. The fraction of sp³-hybridized carbons (Fsp3) is 0.500. The summed E-state index contributed by atoms with van der Waals surface area (Å²) in [5.41, 5.74) is 6.70. The van der Waals surface area contributed by atoms with Crippen molar-refractivity contribution in [3.63, 3.8) is 0 Å². The molecule has 1 aromatic rings. The van der Waals surface area contributed by atoms with Gasteiger partial charge in [-0.3, -0.25) is 4.79 Å². The summed E-state index contributed by atoms with van der Waals surface area (Å²) in [6.07, 6.45) is 2.28. The fourth-order valence-electron chi connectivity index (χ4n) is 1.76. The molecule has 0 aliphatic rings. The van der Waals surface area contributed by atoms with Crippen molar-refractivity contribution in [2.45, 2.75) is 38.8 Å². The normalized spacial score (nSPS) is 12.2. The van der Waals surface area contributed by atoms with E-state index in [1.807, 2.05) is 38.2 Å². The van der Waals surface area contributed by atoms with E-state index in [1.54, 1.807) is 4.90 Å². The van der Waals surface area contributed by atoms with Crippen LogP contribution in [0.2, 0.25) is 5.02 Å². The quantitative estimate of drug-likeness (QED) is 0.862. The van der Waals surface area contributed by atoms with Gasteiger partial charge in [-0.15, -0.1) is 0 Å². The van der Waals surface area contributed by atoms with Gasteiger partial charge in [0.05, 0.1) is 0 Å². The van der Waals surface area contributed by atoms with E-state index < -0.39 is 0 Å². The van der Waals surface area contributed by atoms with Gasteiger partial charge in [-0.1, -0.05) is 23.7 Å². The van der Waals surface area contributed by atoms with Crippen LogP contribution in [0, 0.1) is 0 Å². The summed E-state index contributed by atoms with van der Waals surface area (Å²) < 4.78 is 0. The summed E-state index contributed by atoms with van der Waals surface area (Å²) in [4.78, 5) is 13.6. The SMILES string of the molecule is CC(N)CCCC(=O)N(C)Cc1cccc(Cl)c1. The van der Waals surface area contributed by atoms with E-state index >= 15 is 0 Å². The molecule has 1 rings (SSSR count). The Bertz CT molecular complexity index is 393. The van der Waals surface area contributed by atoms with E-state index in [0.717, 1.165) is 18.4 Å². The molecule has 0 aliphatic carbocycles. The average molecular weight is 269 g/mol. The van der Waals surface area contributed by atoms with Crippen molar-refractivity contribution in [2.24, 2.45) is 5.73 Å². The molecule has 1 aromatic carbocycles. The number of nitrogens with zero attached hydrogens (tertiary/aromatic N) is 1. The number of carbonyl (C=O) groups excluding carboxylic acids is 1. The molecule has 0 radical (unpaired) electrons. The number of nitrogens with two attached hydrogens (primary N) is 1. The molecule has 0 bridgehead atoms. The van der Waals surface area contributed by atoms with Crippen LogP contribution in [0.25, 0.3) is 0 Å². The highest BCUT2D eigenvalue weighted by molar-refractivity contribution is 6.30. The zero-order valence-corrected chi connectivity index (χ0v) is 11.8. The summed E-state index contributed by atoms with van der Waals surface area (Å²) in [6, 6.07) is 7.74. The van der Waals surface area contributed by atoms with Gasteiger partial charge in [0.1, 0.15) is 0 Å². The number of halogens is 1. The van der Waals surface area contributed by atoms with Gasteiger partial charge in [0.15, 0.2) is 0 Å². The van der Waals surface area contributed by atoms with Crippen molar-refractivity contribution >= 4 is 17.5 Å². The molecule has 3 nitrogen and oxygen atoms in total. The Morgan fingerprint density at radius 1 is 1.50 bits per heavy atom. The number of hydrogen-bond donors (Lipinski definition) is 1. The topological polar surface area (TPSA) is 46.3 Å². The summed E-state index contributed by atoms with van der Waals surface area (Å²) in [5.74, 6) is 0.149. The second-order valence-corrected chi connectivity index (χ2v) is 5.19. The Balaban J connectivity index is 2.40. The van der Waals surface area contributed by atoms with E-state index in [-0.39, 0.29) is 11.9 Å². The minimum atomic E-state index is 0.149. The van der Waals surface area contributed by atoms with Crippen LogP contribution in [0.15, 0.2) is 24.3 Å². The Hall–Kier alpha value is -1.06. The molecule has 1 atom stereocenters. The predicted octanol–water partition coefficient (Wildman–Crippen LogP) is 2.82. The Kier molecular flexibility index (Phi) is 6.16. The summed E-state index contributed by atoms with van der Waals surface area (Å²) in [5, 5.41) is 0.699. The predicted molar refractivity (Wildman–Crippen MR) is 75.4 cm³/mol. The fourth-order valence-corrected chi connectivity index (χ4v) is 1.98. The van der Waals surface area contributed by atoms with Crippen molar-refractivity contribution in [3.8, 4) is 0 Å². The largest absolute Gasteiger partial charge is 0.341 e. The van der Waals surface area contributed by atoms with Gasteiger partial charge in [0, 0.05) is 31.1 Å². The maximum absolute atomic E-state index is 11.9. The van der Waals surface area contributed by atoms with Crippen LogP contribution in [0.4, 0.5) is 0 Å². The average Bonchev–Trinajstić information content (AvgIpc) is 2.28. The van der Waals surface area contributed by atoms with E-state index in [1.165, 1.54) is 0 Å². The highest BCUT2D eigenvalue weighted by Crippen LogP contribution is 2.13. The molecule has 100 valence electrons. The third-order valence-corrected chi connectivity index (χ3v) is 3.02. The lowest BCUT2D eigenvalue weighted by Gasteiger charge is -2.17. The first kappa shape index (κ1) is 15.0. The molecule has 0 aliphatic heterocycles. The molecular weight excluding hydrogens is 248 g/mol. The smallest absolute Gasteiger partial charge is 0.222 e. The minimum Gasteiger partial charge on any atom is -0.341 e. The van der Waals surface area contributed by atoms with Gasteiger partial charge in [-0.2, -0.15) is 0 Å². The maximum Gasteiger partial charge on any atom is 0.222 e. The van der Waals surface area contributed by atoms with Crippen LogP contribution in [-0.4, -0.2) is 23.9 Å². The molecule has 2 N–H and O–H groups in total. The van der Waals surface area contributed by atoms with Crippen LogP contribution in [0.3, 0.4) is 0 Å². The maximum atomic E-state index is 11.9. The van der Waals surface area contributed by atoms with Gasteiger partial charge >= 0.3 is 0 Å². The monoisotopic (exact) mass is 268 g/mol. The standard InChI is InChI=1S/C14H21ClN2O/c1-11(16)5-3-8-14(18)17(2)10-12-6-4-7-13(15)9-12/h4,6-7,9,11H,3,5,8,10,16H2,1-2H3. The van der Waals surface area contributed by atoms with Gasteiger partial charge in [0.2, 0.25) is 5.91 Å². The number of carbonyl (C=O) groups is 1. The molecular formula is C14H21ClN2O. The molecule has 0 heterocycles. The minimum absolute atomic E-state index is 0.149. The van der Waals surface area contributed by atoms with Crippen LogP contribution >= 0.6 is 11.6 Å². The van der Waals surface area contributed by atoms with Gasteiger partial charge < -0.3 is 10.6 Å². The Labute approximate surface area is 114 Å². The third kappa shape index (κ3) is 5.52. The number of rotatable bonds is 6. The first-order chi connectivity index (χ1) is 8.49. The molecule has 0 saturated heterocycles. The lowest BCUT2D eigenvalue weighted by atomic mass is 10.1. The summed E-state index contributed by atoms with van der Waals surface area (Å²) in [6.45, 7) is 2.55. The summed E-state index contributed by atoms with van der Waals surface area (Å²) >= 11 is 5.91. The molecule has 1 amide bonds. The van der Waals surface area contributed by atoms with Gasteiger partial charge in [-0.05, 0) is 37.5 Å². The molecule has 18 heavy (non-hydrogen) atoms. The second-order valence-electron chi connectivity index (χ2n) is 4.75. The molecule has 0 spiro atoms. The summed E-state index contributed by atoms with van der Waals surface area (Å²) in [7, 11) is 1.81. The number of amides is 1. The van der Waals surface area contributed by atoms with E-state index in [0.29, 0.717) is 18.0 Å². The highest BCUT2D eigenvalue weighted by Gasteiger charge is 2.09. The van der Waals surface area contributed by atoms with Crippen molar-refractivity contribution in [3.05, 3.63) is 34.9 Å². The van der Waals surface area contributed by atoms with Crippen molar-refractivity contribution < 1.29 is 4.79 Å². The lowest BCUT2D eigenvalue weighted by Crippen LogP contribution is -2.26. The lowest BCUT2D eigenvalue weighted by molar-refractivity contribution is -0.130. The third-order valence-electron chi connectivity index (χ3n) is 2.78. The first-order valence-corrected chi connectivity index (χ1v) is 6.61. The van der Waals surface area contributed by atoms with Crippen molar-refractivity contribution in [1.29, 1.82) is 0 Å². The van der Waals surface area contributed by atoms with Crippen molar-refractivity contribution in [1.82, 2.24) is 4.90 Å². The van der Waals surface area contributed by atoms with E-state index in [2.05, 4.69) is 0 Å². The van der Waals surface area contributed by atoms with Crippen LogP contribution in [0.1, 0.15) is 31.7 Å². The number of hydrogen-bond acceptors (Lipinski definition) is 2. The highest BCUT2D eigenvalue weighted by atomic mass is 35.5. The zero-order valence-electron chi connectivity index (χ0n) is 11.0. The molecule has 1 unspecified atom stereocenters. The molecule has 4 heteroatoms. The Morgan fingerprint density at radius 3 is 2.83 bits per heavy atom. The second kappa shape index (κ2) is 7.39. The van der Waals surface area contributed by atoms with Crippen LogP contribution < -0.4 is 5.73 Å². The van der Waals surface area contributed by atoms with E-state index in [4.69, 9.17) is 17.3 Å². The number of benzene rings is 1. The van der Waals surface area contributed by atoms with Crippen LogP contribution in [-0.2, 0) is 11.3 Å². The molecule has 0 aromatic heterocycles. The van der Waals surface area contributed by atoms with Gasteiger partial charge in [0.25, 0.3) is 0 Å². The van der Waals surface area contributed by atoms with E-state index in [9.17, 15) is 4.79 Å². The first-order valence-electron chi connectivity index (χ1n) is 6.23.